The summed E-state index contributed by atoms with van der Waals surface area (Å²) in [7, 11) is -4.87. The largest absolute Gasteiger partial charge is 0.508 e. The van der Waals surface area contributed by atoms with E-state index in [0.717, 1.165) is 18.2 Å². The first kappa shape index (κ1) is 18.6. The predicted molar refractivity (Wildman–Crippen MR) is 95.4 cm³/mol. The molecule has 10 heteroatoms. The molecule has 0 atom stereocenters. The van der Waals surface area contributed by atoms with E-state index < -0.39 is 24.9 Å². The van der Waals surface area contributed by atoms with E-state index in [1.807, 2.05) is 19.0 Å². The summed E-state index contributed by atoms with van der Waals surface area (Å²) in [5.41, 5.74) is 0.717. The number of sulfone groups is 1. The van der Waals surface area contributed by atoms with Crippen molar-refractivity contribution in [2.45, 2.75) is 14.7 Å². The molecule has 0 spiro atoms. The minimum Gasteiger partial charge on any atom is -0.508 e. The Kier molecular flexibility index (Phi) is 4.47. The molecule has 3 rings (SSSR count). The maximum Gasteiger partial charge on any atom is 0.294 e. The Labute approximate surface area is 152 Å². The molecule has 8 nitrogen and oxygen atoms in total. The molecule has 2 aromatic rings. The van der Waals surface area contributed by atoms with Gasteiger partial charge in [0.25, 0.3) is 10.1 Å². The summed E-state index contributed by atoms with van der Waals surface area (Å²) in [6.45, 7) is 1.05. The number of likely N-dealkylation sites (N-methyl/N-ethyl adjacent to an activating group) is 1. The smallest absolute Gasteiger partial charge is 0.294 e. The quantitative estimate of drug-likeness (QED) is 0.744. The highest BCUT2D eigenvalue weighted by Gasteiger charge is 2.35. The van der Waals surface area contributed by atoms with E-state index in [1.54, 1.807) is 4.90 Å². The minimum atomic E-state index is -4.56. The molecule has 0 saturated heterocycles. The van der Waals surface area contributed by atoms with Crippen LogP contribution in [0.4, 0.5) is 11.4 Å². The average molecular weight is 398 g/mol. The van der Waals surface area contributed by atoms with Crippen molar-refractivity contribution in [3.8, 4) is 5.75 Å². The highest BCUT2D eigenvalue weighted by Crippen LogP contribution is 2.45. The predicted octanol–water partition coefficient (Wildman–Crippen LogP) is 1.48. The van der Waals surface area contributed by atoms with E-state index in [0.29, 0.717) is 24.5 Å². The number of phenolic OH excluding ortho intramolecular Hbond substituents is 1. The molecule has 0 aromatic heterocycles. The van der Waals surface area contributed by atoms with Crippen LogP contribution in [0.1, 0.15) is 0 Å². The molecular formula is C16H18N2O6S2. The van der Waals surface area contributed by atoms with Crippen LogP contribution < -0.4 is 4.90 Å². The third-order valence-electron chi connectivity index (χ3n) is 4.10. The Morgan fingerprint density at radius 1 is 1.04 bits per heavy atom. The van der Waals surface area contributed by atoms with Gasteiger partial charge in [0.2, 0.25) is 9.84 Å². The van der Waals surface area contributed by atoms with Gasteiger partial charge in [-0.15, -0.1) is 0 Å². The lowest BCUT2D eigenvalue weighted by molar-refractivity contribution is 0.418. The summed E-state index contributed by atoms with van der Waals surface area (Å²) in [5, 5.41) is 9.73. The monoisotopic (exact) mass is 398 g/mol. The molecule has 0 amide bonds. The van der Waals surface area contributed by atoms with Gasteiger partial charge in [-0.05, 0) is 44.4 Å². The fourth-order valence-electron chi connectivity index (χ4n) is 2.82. The van der Waals surface area contributed by atoms with Crippen LogP contribution in [-0.4, -0.2) is 58.6 Å². The van der Waals surface area contributed by atoms with Crippen molar-refractivity contribution < 1.29 is 26.5 Å². The molecule has 0 saturated carbocycles. The van der Waals surface area contributed by atoms with Crippen molar-refractivity contribution in [2.24, 2.45) is 0 Å². The molecule has 0 bridgehead atoms. The van der Waals surface area contributed by atoms with Crippen molar-refractivity contribution in [3.05, 3.63) is 36.4 Å². The fourth-order valence-corrected chi connectivity index (χ4v) is 5.11. The molecule has 1 aliphatic rings. The number of phenols is 1. The lowest BCUT2D eigenvalue weighted by atomic mass is 10.2. The van der Waals surface area contributed by atoms with E-state index in [2.05, 4.69) is 0 Å². The molecule has 1 aliphatic heterocycles. The molecular weight excluding hydrogens is 380 g/mol. The van der Waals surface area contributed by atoms with Gasteiger partial charge in [-0.25, -0.2) is 8.42 Å². The average Bonchev–Trinajstić information content (AvgIpc) is 2.54. The van der Waals surface area contributed by atoms with E-state index in [1.165, 1.54) is 18.2 Å². The van der Waals surface area contributed by atoms with Crippen LogP contribution >= 0.6 is 0 Å². The molecule has 0 fully saturated rings. The SMILES string of the molecule is CN(C)CCN1c2ccc(O)cc2S(=O)(=O)c2cc(S(=O)(=O)O)ccc21. The second-order valence-corrected chi connectivity index (χ2v) is 9.52. The third-order valence-corrected chi connectivity index (χ3v) is 6.77. The molecule has 26 heavy (non-hydrogen) atoms. The Morgan fingerprint density at radius 3 is 2.19 bits per heavy atom. The van der Waals surface area contributed by atoms with Gasteiger partial charge < -0.3 is 14.9 Å². The molecule has 2 aromatic carbocycles. The topological polar surface area (TPSA) is 115 Å². The van der Waals surface area contributed by atoms with Crippen LogP contribution in [0.5, 0.6) is 5.75 Å². The zero-order chi connectivity index (χ0) is 19.3. The van der Waals surface area contributed by atoms with Gasteiger partial charge in [-0.3, -0.25) is 4.55 Å². The fraction of sp³-hybridized carbons (Fsp3) is 0.250. The van der Waals surface area contributed by atoms with Crippen LogP contribution in [0.25, 0.3) is 0 Å². The molecule has 1 heterocycles. The Balaban J connectivity index is 2.28. The third kappa shape index (κ3) is 3.16. The van der Waals surface area contributed by atoms with Crippen LogP contribution in [-0.2, 0) is 20.0 Å². The molecule has 2 N–H and O–H groups in total. The first-order valence-electron chi connectivity index (χ1n) is 7.64. The minimum absolute atomic E-state index is 0.115. The van der Waals surface area contributed by atoms with Crippen molar-refractivity contribution in [2.75, 3.05) is 32.1 Å². The number of benzene rings is 2. The van der Waals surface area contributed by atoms with E-state index in [4.69, 9.17) is 0 Å². The number of fused-ring (bicyclic) bond motifs is 2. The second-order valence-electron chi connectivity index (χ2n) is 6.21. The summed E-state index contributed by atoms with van der Waals surface area (Å²) in [5.74, 6) is -0.214. The van der Waals surface area contributed by atoms with Gasteiger partial charge in [0, 0.05) is 19.2 Å². The van der Waals surface area contributed by atoms with Crippen LogP contribution in [0, 0.1) is 0 Å². The summed E-state index contributed by atoms with van der Waals surface area (Å²) in [6.07, 6.45) is 0. The van der Waals surface area contributed by atoms with Crippen molar-refractivity contribution in [1.29, 1.82) is 0 Å². The maximum absolute atomic E-state index is 13.0. The number of rotatable bonds is 4. The van der Waals surface area contributed by atoms with E-state index in [9.17, 15) is 26.5 Å². The van der Waals surface area contributed by atoms with Gasteiger partial charge in [0.1, 0.15) is 5.75 Å². The van der Waals surface area contributed by atoms with Gasteiger partial charge in [-0.2, -0.15) is 8.42 Å². The maximum atomic E-state index is 13.0. The molecule has 0 radical (unpaired) electrons. The Morgan fingerprint density at radius 2 is 1.62 bits per heavy atom. The van der Waals surface area contributed by atoms with Crippen LogP contribution in [0.15, 0.2) is 51.1 Å². The number of hydrogen-bond donors (Lipinski definition) is 2. The molecule has 0 unspecified atom stereocenters. The van der Waals surface area contributed by atoms with E-state index >= 15 is 0 Å². The Hall–Kier alpha value is -2.14. The van der Waals surface area contributed by atoms with Gasteiger partial charge in [0.15, 0.2) is 0 Å². The summed E-state index contributed by atoms with van der Waals surface area (Å²) in [6, 6.07) is 7.51. The first-order valence-corrected chi connectivity index (χ1v) is 10.6. The normalized spacial score (nSPS) is 15.6. The standard InChI is InChI=1S/C16H18N2O6S2/c1-17(2)7-8-18-13-5-3-11(19)9-15(13)25(20,21)16-10-12(26(22,23)24)4-6-14(16)18/h3-6,9-10,19H,7-8H2,1-2H3,(H,22,23,24). The Bertz CT molecular complexity index is 1080. The summed E-state index contributed by atoms with van der Waals surface area (Å²) >= 11 is 0. The lowest BCUT2D eigenvalue weighted by Gasteiger charge is -2.33. The molecule has 0 aliphatic carbocycles. The van der Waals surface area contributed by atoms with Crippen LogP contribution in [0.2, 0.25) is 0 Å². The lowest BCUT2D eigenvalue weighted by Crippen LogP contribution is -2.32. The van der Waals surface area contributed by atoms with Gasteiger partial charge in [0.05, 0.1) is 26.1 Å². The van der Waals surface area contributed by atoms with Crippen molar-refractivity contribution in [1.82, 2.24) is 4.90 Å². The summed E-state index contributed by atoms with van der Waals surface area (Å²) in [4.78, 5) is 2.82. The number of hydrogen-bond acceptors (Lipinski definition) is 7. The highest BCUT2D eigenvalue weighted by atomic mass is 32.2. The number of nitrogens with zero attached hydrogens (tertiary/aromatic N) is 2. The highest BCUT2D eigenvalue weighted by molar-refractivity contribution is 7.92. The number of aromatic hydroxyl groups is 1. The van der Waals surface area contributed by atoms with Gasteiger partial charge in [-0.1, -0.05) is 0 Å². The second kappa shape index (κ2) is 6.23. The molecule has 140 valence electrons. The van der Waals surface area contributed by atoms with Crippen molar-refractivity contribution in [3.63, 3.8) is 0 Å². The van der Waals surface area contributed by atoms with E-state index in [-0.39, 0.29) is 15.5 Å². The first-order chi connectivity index (χ1) is 12.0. The van der Waals surface area contributed by atoms with Gasteiger partial charge >= 0.3 is 0 Å². The van der Waals surface area contributed by atoms with Crippen molar-refractivity contribution >= 4 is 31.3 Å². The zero-order valence-electron chi connectivity index (χ0n) is 14.1. The van der Waals surface area contributed by atoms with Crippen LogP contribution in [0.3, 0.4) is 0 Å². The summed E-state index contributed by atoms with van der Waals surface area (Å²) < 4.78 is 58.1. The number of anilines is 2. The zero-order valence-corrected chi connectivity index (χ0v) is 15.7.